The molecule has 3 heterocycles. The third-order valence-corrected chi connectivity index (χ3v) is 4.25. The van der Waals surface area contributed by atoms with Crippen molar-refractivity contribution in [1.29, 1.82) is 0 Å². The maximum Gasteiger partial charge on any atom is 0.272 e. The molecular weight excluding hydrogens is 266 g/mol. The molecule has 0 spiro atoms. The number of aryl methyl sites for hydroxylation is 1. The first-order valence-electron chi connectivity index (χ1n) is 7.79. The molecule has 3 rings (SSSR count). The summed E-state index contributed by atoms with van der Waals surface area (Å²) in [5, 5.41) is 0. The molecule has 2 aliphatic rings. The molecule has 2 fully saturated rings. The summed E-state index contributed by atoms with van der Waals surface area (Å²) in [6, 6.07) is 5.60. The van der Waals surface area contributed by atoms with Gasteiger partial charge in [-0.2, -0.15) is 0 Å². The van der Waals surface area contributed by atoms with Crippen LogP contribution in [0.3, 0.4) is 0 Å². The molecule has 0 bridgehead atoms. The molecule has 0 N–H and O–H groups in total. The number of carbonyl (C=O) groups excluding carboxylic acids is 1. The fourth-order valence-electron chi connectivity index (χ4n) is 3.03. The molecule has 5 heteroatoms. The molecule has 0 radical (unpaired) electrons. The van der Waals surface area contributed by atoms with Gasteiger partial charge < -0.3 is 9.64 Å². The Hall–Kier alpha value is -1.46. The van der Waals surface area contributed by atoms with Crippen molar-refractivity contribution in [3.63, 3.8) is 0 Å². The summed E-state index contributed by atoms with van der Waals surface area (Å²) < 4.78 is 5.68. The lowest BCUT2D eigenvalue weighted by Gasteiger charge is -2.35. The van der Waals surface area contributed by atoms with Gasteiger partial charge in [-0.05, 0) is 31.9 Å². The van der Waals surface area contributed by atoms with Gasteiger partial charge in [-0.1, -0.05) is 6.07 Å². The van der Waals surface area contributed by atoms with E-state index in [0.29, 0.717) is 11.8 Å². The monoisotopic (exact) mass is 289 g/mol. The van der Waals surface area contributed by atoms with Crippen molar-refractivity contribution >= 4 is 5.91 Å². The van der Waals surface area contributed by atoms with Gasteiger partial charge in [-0.15, -0.1) is 0 Å². The normalized spacial score (nSPS) is 23.5. The molecule has 114 valence electrons. The highest BCUT2D eigenvalue weighted by atomic mass is 16.5. The molecule has 5 nitrogen and oxygen atoms in total. The number of hydrogen-bond acceptors (Lipinski definition) is 4. The van der Waals surface area contributed by atoms with Crippen LogP contribution in [0.25, 0.3) is 0 Å². The van der Waals surface area contributed by atoms with Gasteiger partial charge in [0.2, 0.25) is 0 Å². The van der Waals surface area contributed by atoms with E-state index in [-0.39, 0.29) is 5.91 Å². The average Bonchev–Trinajstić information content (AvgIpc) is 3.00. The van der Waals surface area contributed by atoms with Gasteiger partial charge in [0.1, 0.15) is 5.69 Å². The fraction of sp³-hybridized carbons (Fsp3) is 0.625. The van der Waals surface area contributed by atoms with Crippen molar-refractivity contribution in [3.05, 3.63) is 29.6 Å². The van der Waals surface area contributed by atoms with E-state index in [2.05, 4.69) is 9.88 Å². The Morgan fingerprint density at radius 3 is 2.81 bits per heavy atom. The first-order chi connectivity index (χ1) is 10.2. The van der Waals surface area contributed by atoms with E-state index in [0.717, 1.165) is 45.0 Å². The summed E-state index contributed by atoms with van der Waals surface area (Å²) in [5.74, 6) is 0.0514. The van der Waals surface area contributed by atoms with E-state index < -0.39 is 0 Å². The van der Waals surface area contributed by atoms with Crippen molar-refractivity contribution < 1.29 is 9.53 Å². The number of carbonyl (C=O) groups is 1. The predicted octanol–water partition coefficient (Wildman–Crippen LogP) is 1.33. The highest BCUT2D eigenvalue weighted by Crippen LogP contribution is 2.15. The first-order valence-corrected chi connectivity index (χ1v) is 7.79. The van der Waals surface area contributed by atoms with Crippen LogP contribution in [0.2, 0.25) is 0 Å². The zero-order valence-electron chi connectivity index (χ0n) is 12.6. The second-order valence-corrected chi connectivity index (χ2v) is 5.89. The van der Waals surface area contributed by atoms with Gasteiger partial charge in [0.05, 0.1) is 6.10 Å². The van der Waals surface area contributed by atoms with Crippen LogP contribution in [0.1, 0.15) is 29.0 Å². The molecule has 1 aromatic rings. The zero-order chi connectivity index (χ0) is 14.7. The summed E-state index contributed by atoms with van der Waals surface area (Å²) in [5.41, 5.74) is 1.44. The zero-order valence-corrected chi connectivity index (χ0v) is 12.6. The highest BCUT2D eigenvalue weighted by molar-refractivity contribution is 5.92. The van der Waals surface area contributed by atoms with Crippen LogP contribution in [0.15, 0.2) is 18.2 Å². The smallest absolute Gasteiger partial charge is 0.272 e. The minimum atomic E-state index is 0.0514. The molecule has 1 atom stereocenters. The third-order valence-electron chi connectivity index (χ3n) is 4.25. The number of piperazine rings is 1. The van der Waals surface area contributed by atoms with Gasteiger partial charge in [-0.3, -0.25) is 9.69 Å². The minimum absolute atomic E-state index is 0.0514. The Morgan fingerprint density at radius 2 is 2.14 bits per heavy atom. The molecule has 0 aliphatic carbocycles. The average molecular weight is 289 g/mol. The quantitative estimate of drug-likeness (QED) is 0.842. The summed E-state index contributed by atoms with van der Waals surface area (Å²) >= 11 is 0. The Bertz CT molecular complexity index is 492. The maximum absolute atomic E-state index is 12.4. The van der Waals surface area contributed by atoms with Gasteiger partial charge >= 0.3 is 0 Å². The van der Waals surface area contributed by atoms with E-state index in [4.69, 9.17) is 4.74 Å². The Morgan fingerprint density at radius 1 is 1.33 bits per heavy atom. The molecule has 2 aliphatic heterocycles. The molecule has 0 aromatic carbocycles. The minimum Gasteiger partial charge on any atom is -0.377 e. The van der Waals surface area contributed by atoms with Crippen LogP contribution in [0, 0.1) is 6.92 Å². The fourth-order valence-corrected chi connectivity index (χ4v) is 3.03. The maximum atomic E-state index is 12.4. The van der Waals surface area contributed by atoms with Crippen LogP contribution in [0.5, 0.6) is 0 Å². The van der Waals surface area contributed by atoms with Crippen molar-refractivity contribution in [2.24, 2.45) is 0 Å². The van der Waals surface area contributed by atoms with Gasteiger partial charge in [0.15, 0.2) is 0 Å². The molecule has 1 amide bonds. The second-order valence-electron chi connectivity index (χ2n) is 5.89. The molecule has 0 saturated carbocycles. The Labute approximate surface area is 125 Å². The molecule has 2 saturated heterocycles. The number of ether oxygens (including phenoxy) is 1. The summed E-state index contributed by atoms with van der Waals surface area (Å²) in [6.07, 6.45) is 2.75. The first kappa shape index (κ1) is 14.5. The SMILES string of the molecule is Cc1cccc(C(=O)N2CCN(CC3CCCO3)CC2)n1. The molecule has 1 aromatic heterocycles. The van der Waals surface area contributed by atoms with Gasteiger partial charge in [0.25, 0.3) is 5.91 Å². The largest absolute Gasteiger partial charge is 0.377 e. The second kappa shape index (κ2) is 6.54. The van der Waals surface area contributed by atoms with Crippen LogP contribution in [-0.2, 0) is 4.74 Å². The number of rotatable bonds is 3. The van der Waals surface area contributed by atoms with E-state index in [1.54, 1.807) is 6.07 Å². The van der Waals surface area contributed by atoms with Crippen molar-refractivity contribution in [3.8, 4) is 0 Å². The van der Waals surface area contributed by atoms with Gasteiger partial charge in [-0.25, -0.2) is 4.98 Å². The van der Waals surface area contributed by atoms with Crippen molar-refractivity contribution in [2.75, 3.05) is 39.3 Å². The lowest BCUT2D eigenvalue weighted by Crippen LogP contribution is -2.50. The number of aromatic nitrogens is 1. The van der Waals surface area contributed by atoms with E-state index in [1.165, 1.54) is 12.8 Å². The van der Waals surface area contributed by atoms with Gasteiger partial charge in [0, 0.05) is 45.0 Å². The lowest BCUT2D eigenvalue weighted by atomic mass is 10.2. The van der Waals surface area contributed by atoms with E-state index in [1.807, 2.05) is 24.0 Å². The number of pyridine rings is 1. The number of nitrogens with zero attached hydrogens (tertiary/aromatic N) is 3. The van der Waals surface area contributed by atoms with Crippen LogP contribution >= 0.6 is 0 Å². The van der Waals surface area contributed by atoms with E-state index >= 15 is 0 Å². The lowest BCUT2D eigenvalue weighted by molar-refractivity contribution is 0.0429. The summed E-state index contributed by atoms with van der Waals surface area (Å²) in [6.45, 7) is 7.24. The summed E-state index contributed by atoms with van der Waals surface area (Å²) in [4.78, 5) is 21.1. The van der Waals surface area contributed by atoms with E-state index in [9.17, 15) is 4.79 Å². The highest BCUT2D eigenvalue weighted by Gasteiger charge is 2.25. The van der Waals surface area contributed by atoms with Crippen molar-refractivity contribution in [1.82, 2.24) is 14.8 Å². The predicted molar refractivity (Wildman–Crippen MR) is 80.3 cm³/mol. The standard InChI is InChI=1S/C16H23N3O2/c1-13-4-2-6-15(17-13)16(20)19-9-7-18(8-10-19)12-14-5-3-11-21-14/h2,4,6,14H,3,5,7-12H2,1H3. The Kier molecular flexibility index (Phi) is 4.51. The number of amides is 1. The number of hydrogen-bond donors (Lipinski definition) is 0. The molecular formula is C16H23N3O2. The van der Waals surface area contributed by atoms with Crippen LogP contribution < -0.4 is 0 Å². The molecule has 21 heavy (non-hydrogen) atoms. The Balaban J connectivity index is 1.52. The van der Waals surface area contributed by atoms with Crippen LogP contribution in [0.4, 0.5) is 0 Å². The molecule has 1 unspecified atom stereocenters. The summed E-state index contributed by atoms with van der Waals surface area (Å²) in [7, 11) is 0. The topological polar surface area (TPSA) is 45.7 Å². The van der Waals surface area contributed by atoms with Crippen LogP contribution in [-0.4, -0.2) is 66.1 Å². The van der Waals surface area contributed by atoms with Crippen molar-refractivity contribution in [2.45, 2.75) is 25.9 Å². The third kappa shape index (κ3) is 3.60.